The number of nitrogens with one attached hydrogen (secondary N) is 1. The van der Waals surface area contributed by atoms with Crippen molar-refractivity contribution in [1.29, 1.82) is 0 Å². The summed E-state index contributed by atoms with van der Waals surface area (Å²) in [6.45, 7) is 6.86. The van der Waals surface area contributed by atoms with E-state index < -0.39 is 0 Å². The molecule has 0 fully saturated rings. The van der Waals surface area contributed by atoms with Crippen LogP contribution in [-0.2, 0) is 17.9 Å². The van der Waals surface area contributed by atoms with Crippen LogP contribution >= 0.6 is 0 Å². The number of fused-ring (bicyclic) bond motifs is 1. The number of para-hydroxylation sites is 3. The Hall–Kier alpha value is -3.08. The Balaban J connectivity index is 1.75. The topological polar surface area (TPSA) is 56.2 Å². The fourth-order valence-corrected chi connectivity index (χ4v) is 2.59. The summed E-state index contributed by atoms with van der Waals surface area (Å²) < 4.78 is 7.88. The molecule has 128 valence electrons. The van der Waals surface area contributed by atoms with Crippen LogP contribution in [0.25, 0.3) is 11.0 Å². The molecule has 0 aliphatic heterocycles. The molecular formula is C20H21N3O2. The lowest BCUT2D eigenvalue weighted by molar-refractivity contribution is -0.117. The average Bonchev–Trinajstić information content (AvgIpc) is 2.98. The van der Waals surface area contributed by atoms with Gasteiger partial charge in [0.25, 0.3) is 0 Å². The fourth-order valence-electron chi connectivity index (χ4n) is 2.59. The summed E-state index contributed by atoms with van der Waals surface area (Å²) in [6.07, 6.45) is 0. The van der Waals surface area contributed by atoms with Crippen molar-refractivity contribution in [3.05, 3.63) is 72.6 Å². The summed E-state index contributed by atoms with van der Waals surface area (Å²) in [7, 11) is 0. The van der Waals surface area contributed by atoms with Gasteiger partial charge in [-0.15, -0.1) is 0 Å². The zero-order valence-corrected chi connectivity index (χ0v) is 14.2. The van der Waals surface area contributed by atoms with E-state index in [2.05, 4.69) is 21.4 Å². The monoisotopic (exact) mass is 335 g/mol. The average molecular weight is 335 g/mol. The SMILES string of the molecule is C=C(C)C(=O)NCc1nc2ccccc2n1CCOc1ccccc1. The van der Waals surface area contributed by atoms with E-state index in [9.17, 15) is 4.79 Å². The van der Waals surface area contributed by atoms with Crippen molar-refractivity contribution in [3.8, 4) is 5.75 Å². The smallest absolute Gasteiger partial charge is 0.246 e. The molecule has 0 saturated heterocycles. The maximum atomic E-state index is 11.8. The van der Waals surface area contributed by atoms with Crippen LogP contribution in [0.2, 0.25) is 0 Å². The largest absolute Gasteiger partial charge is 0.492 e. The third kappa shape index (κ3) is 4.07. The predicted molar refractivity (Wildman–Crippen MR) is 98.3 cm³/mol. The number of ether oxygens (including phenoxy) is 1. The number of hydrogen-bond acceptors (Lipinski definition) is 3. The van der Waals surface area contributed by atoms with E-state index in [1.165, 1.54) is 0 Å². The van der Waals surface area contributed by atoms with Crippen molar-refractivity contribution in [3.63, 3.8) is 0 Å². The van der Waals surface area contributed by atoms with E-state index in [1.807, 2.05) is 54.6 Å². The van der Waals surface area contributed by atoms with Gasteiger partial charge in [0.1, 0.15) is 18.2 Å². The predicted octanol–water partition coefficient (Wildman–Crippen LogP) is 3.31. The van der Waals surface area contributed by atoms with Crippen molar-refractivity contribution < 1.29 is 9.53 Å². The van der Waals surface area contributed by atoms with Crippen LogP contribution in [0.15, 0.2) is 66.7 Å². The van der Waals surface area contributed by atoms with Gasteiger partial charge < -0.3 is 14.6 Å². The van der Waals surface area contributed by atoms with E-state index in [1.54, 1.807) is 6.92 Å². The summed E-state index contributed by atoms with van der Waals surface area (Å²) in [4.78, 5) is 16.4. The first-order chi connectivity index (χ1) is 12.1. The van der Waals surface area contributed by atoms with Gasteiger partial charge in [0.2, 0.25) is 5.91 Å². The zero-order chi connectivity index (χ0) is 17.6. The van der Waals surface area contributed by atoms with Crippen molar-refractivity contribution in [2.75, 3.05) is 6.61 Å². The van der Waals surface area contributed by atoms with Gasteiger partial charge in [0, 0.05) is 5.57 Å². The number of carbonyl (C=O) groups is 1. The highest BCUT2D eigenvalue weighted by atomic mass is 16.5. The molecule has 1 amide bonds. The molecule has 2 aromatic carbocycles. The van der Waals surface area contributed by atoms with Crippen molar-refractivity contribution in [2.45, 2.75) is 20.0 Å². The maximum Gasteiger partial charge on any atom is 0.246 e. The summed E-state index contributed by atoms with van der Waals surface area (Å²) in [5.41, 5.74) is 2.41. The second-order valence-corrected chi connectivity index (χ2v) is 5.79. The van der Waals surface area contributed by atoms with E-state index in [4.69, 9.17) is 4.74 Å². The minimum absolute atomic E-state index is 0.167. The van der Waals surface area contributed by atoms with Gasteiger partial charge in [-0.2, -0.15) is 0 Å². The Kier molecular flexibility index (Phi) is 5.14. The van der Waals surface area contributed by atoms with Gasteiger partial charge in [-0.3, -0.25) is 4.79 Å². The Morgan fingerprint density at radius 2 is 1.88 bits per heavy atom. The first-order valence-corrected chi connectivity index (χ1v) is 8.21. The van der Waals surface area contributed by atoms with Crippen LogP contribution in [0.3, 0.4) is 0 Å². The molecule has 0 aliphatic rings. The third-order valence-electron chi connectivity index (χ3n) is 3.86. The van der Waals surface area contributed by atoms with E-state index >= 15 is 0 Å². The van der Waals surface area contributed by atoms with E-state index in [0.29, 0.717) is 25.3 Å². The van der Waals surface area contributed by atoms with Gasteiger partial charge in [0.15, 0.2) is 0 Å². The molecule has 1 aromatic heterocycles. The summed E-state index contributed by atoms with van der Waals surface area (Å²) in [6, 6.07) is 17.6. The van der Waals surface area contributed by atoms with Crippen LogP contribution in [0, 0.1) is 0 Å². The number of amides is 1. The van der Waals surface area contributed by atoms with Crippen LogP contribution in [0.4, 0.5) is 0 Å². The molecule has 0 radical (unpaired) electrons. The molecule has 3 aromatic rings. The number of imidazole rings is 1. The molecule has 0 spiro atoms. The van der Waals surface area contributed by atoms with E-state index in [-0.39, 0.29) is 5.91 Å². The van der Waals surface area contributed by atoms with Gasteiger partial charge in [-0.05, 0) is 31.2 Å². The molecule has 0 bridgehead atoms. The number of carbonyl (C=O) groups excluding carboxylic acids is 1. The highest BCUT2D eigenvalue weighted by Crippen LogP contribution is 2.16. The van der Waals surface area contributed by atoms with Gasteiger partial charge in [0.05, 0.1) is 24.1 Å². The van der Waals surface area contributed by atoms with Gasteiger partial charge in [-0.1, -0.05) is 36.9 Å². The molecule has 5 nitrogen and oxygen atoms in total. The Morgan fingerprint density at radius 3 is 2.64 bits per heavy atom. The Morgan fingerprint density at radius 1 is 1.16 bits per heavy atom. The lowest BCUT2D eigenvalue weighted by Gasteiger charge is -2.11. The molecule has 0 aliphatic carbocycles. The minimum Gasteiger partial charge on any atom is -0.492 e. The Labute approximate surface area is 146 Å². The molecular weight excluding hydrogens is 314 g/mol. The van der Waals surface area contributed by atoms with Crippen molar-refractivity contribution in [1.82, 2.24) is 14.9 Å². The molecule has 25 heavy (non-hydrogen) atoms. The Bertz CT molecular complexity index is 884. The molecule has 0 atom stereocenters. The maximum absolute atomic E-state index is 11.8. The second-order valence-electron chi connectivity index (χ2n) is 5.79. The number of hydrogen-bond donors (Lipinski definition) is 1. The highest BCUT2D eigenvalue weighted by Gasteiger charge is 2.11. The summed E-state index contributed by atoms with van der Waals surface area (Å²) in [5, 5.41) is 2.85. The van der Waals surface area contributed by atoms with Crippen molar-refractivity contribution >= 4 is 16.9 Å². The van der Waals surface area contributed by atoms with Gasteiger partial charge in [-0.25, -0.2) is 4.98 Å². The minimum atomic E-state index is -0.167. The normalized spacial score (nSPS) is 10.6. The number of nitrogens with zero attached hydrogens (tertiary/aromatic N) is 2. The van der Waals surface area contributed by atoms with E-state index in [0.717, 1.165) is 22.6 Å². The lowest BCUT2D eigenvalue weighted by atomic mass is 10.3. The van der Waals surface area contributed by atoms with Crippen LogP contribution in [-0.4, -0.2) is 22.1 Å². The summed E-state index contributed by atoms with van der Waals surface area (Å²) >= 11 is 0. The molecule has 0 saturated carbocycles. The molecule has 1 N–H and O–H groups in total. The van der Waals surface area contributed by atoms with Crippen LogP contribution in [0.5, 0.6) is 5.75 Å². The van der Waals surface area contributed by atoms with Gasteiger partial charge >= 0.3 is 0 Å². The summed E-state index contributed by atoms with van der Waals surface area (Å²) in [5.74, 6) is 1.47. The van der Waals surface area contributed by atoms with Crippen LogP contribution in [0.1, 0.15) is 12.7 Å². The lowest BCUT2D eigenvalue weighted by Crippen LogP contribution is -2.25. The standard InChI is InChI=1S/C20H21N3O2/c1-15(2)20(24)21-14-19-22-17-10-6-7-11-18(17)23(19)12-13-25-16-8-4-3-5-9-16/h3-11H,1,12-14H2,2H3,(H,21,24). The zero-order valence-electron chi connectivity index (χ0n) is 14.2. The second kappa shape index (κ2) is 7.66. The molecule has 3 rings (SSSR count). The molecule has 0 unspecified atom stereocenters. The third-order valence-corrected chi connectivity index (χ3v) is 3.86. The quantitative estimate of drug-likeness (QED) is 0.674. The first-order valence-electron chi connectivity index (χ1n) is 8.21. The highest BCUT2D eigenvalue weighted by molar-refractivity contribution is 5.92. The van der Waals surface area contributed by atoms with Crippen LogP contribution < -0.4 is 10.1 Å². The first kappa shape index (κ1) is 16.8. The molecule has 1 heterocycles. The molecule has 5 heteroatoms. The number of aromatic nitrogens is 2. The van der Waals surface area contributed by atoms with Crippen molar-refractivity contribution in [2.24, 2.45) is 0 Å². The number of benzene rings is 2. The fraction of sp³-hybridized carbons (Fsp3) is 0.200. The number of rotatable bonds is 7.